The van der Waals surface area contributed by atoms with Crippen LogP contribution in [0.15, 0.2) is 0 Å². The number of hydrogen-bond acceptors (Lipinski definition) is 2. The Kier molecular flexibility index (Phi) is 5.09. The molecule has 1 fully saturated rings. The normalized spacial score (nSPS) is 23.3. The van der Waals surface area contributed by atoms with E-state index in [1.165, 1.54) is 0 Å². The van der Waals surface area contributed by atoms with E-state index >= 15 is 0 Å². The predicted octanol–water partition coefficient (Wildman–Crippen LogP) is 1.65. The van der Waals surface area contributed by atoms with Crippen molar-refractivity contribution in [3.63, 3.8) is 0 Å². The third-order valence-electron chi connectivity index (χ3n) is 3.38. The van der Waals surface area contributed by atoms with Crippen LogP contribution in [-0.4, -0.2) is 35.6 Å². The van der Waals surface area contributed by atoms with Crippen molar-refractivity contribution in [3.05, 3.63) is 0 Å². The van der Waals surface area contributed by atoms with Gasteiger partial charge in [0.05, 0.1) is 0 Å². The predicted molar refractivity (Wildman–Crippen MR) is 60.5 cm³/mol. The van der Waals surface area contributed by atoms with Gasteiger partial charge in [0, 0.05) is 26.1 Å². The number of carbonyl (C=O) groups is 1. The van der Waals surface area contributed by atoms with Gasteiger partial charge in [-0.15, -0.1) is 0 Å². The summed E-state index contributed by atoms with van der Waals surface area (Å²) < 4.78 is 0. The SMILES string of the molecule is CC(C)C1CCC(=O)N(CCCO)CC1. The van der Waals surface area contributed by atoms with Crippen LogP contribution < -0.4 is 0 Å². The van der Waals surface area contributed by atoms with Gasteiger partial charge in [0.2, 0.25) is 5.91 Å². The number of aliphatic hydroxyl groups is 1. The Bertz CT molecular complexity index is 204. The third kappa shape index (κ3) is 3.82. The Morgan fingerprint density at radius 2 is 2.20 bits per heavy atom. The highest BCUT2D eigenvalue weighted by Gasteiger charge is 2.23. The zero-order valence-corrected chi connectivity index (χ0v) is 9.91. The summed E-state index contributed by atoms with van der Waals surface area (Å²) in [5.41, 5.74) is 0. The maximum Gasteiger partial charge on any atom is 0.222 e. The summed E-state index contributed by atoms with van der Waals surface area (Å²) in [6.07, 6.45) is 3.55. The smallest absolute Gasteiger partial charge is 0.222 e. The fraction of sp³-hybridized carbons (Fsp3) is 0.917. The quantitative estimate of drug-likeness (QED) is 0.771. The Morgan fingerprint density at radius 3 is 2.80 bits per heavy atom. The molecule has 1 amide bonds. The molecule has 1 N–H and O–H groups in total. The van der Waals surface area contributed by atoms with Crippen LogP contribution in [0.5, 0.6) is 0 Å². The molecule has 0 radical (unpaired) electrons. The van der Waals surface area contributed by atoms with Crippen molar-refractivity contribution in [3.8, 4) is 0 Å². The van der Waals surface area contributed by atoms with E-state index in [-0.39, 0.29) is 12.5 Å². The Morgan fingerprint density at radius 1 is 1.47 bits per heavy atom. The molecule has 3 heteroatoms. The summed E-state index contributed by atoms with van der Waals surface area (Å²) >= 11 is 0. The summed E-state index contributed by atoms with van der Waals surface area (Å²) in [6.45, 7) is 6.25. The van der Waals surface area contributed by atoms with Gasteiger partial charge in [0.25, 0.3) is 0 Å². The minimum absolute atomic E-state index is 0.178. The van der Waals surface area contributed by atoms with Gasteiger partial charge in [-0.25, -0.2) is 0 Å². The first-order valence-corrected chi connectivity index (χ1v) is 6.03. The Hall–Kier alpha value is -0.570. The van der Waals surface area contributed by atoms with Crippen LogP contribution in [0.4, 0.5) is 0 Å². The fourth-order valence-electron chi connectivity index (χ4n) is 2.22. The minimum Gasteiger partial charge on any atom is -0.396 e. The molecule has 88 valence electrons. The van der Waals surface area contributed by atoms with Crippen molar-refractivity contribution in [1.29, 1.82) is 0 Å². The van der Waals surface area contributed by atoms with Crippen LogP contribution >= 0.6 is 0 Å². The molecule has 0 bridgehead atoms. The van der Waals surface area contributed by atoms with Gasteiger partial charge in [-0.05, 0) is 31.1 Å². The summed E-state index contributed by atoms with van der Waals surface area (Å²) in [5.74, 6) is 1.63. The molecule has 1 rings (SSSR count). The lowest BCUT2D eigenvalue weighted by molar-refractivity contribution is -0.130. The molecule has 0 saturated carbocycles. The molecule has 0 spiro atoms. The largest absolute Gasteiger partial charge is 0.396 e. The second-order valence-corrected chi connectivity index (χ2v) is 4.79. The second-order valence-electron chi connectivity index (χ2n) is 4.79. The van der Waals surface area contributed by atoms with Crippen LogP contribution in [0.2, 0.25) is 0 Å². The molecule has 1 aliphatic rings. The van der Waals surface area contributed by atoms with Gasteiger partial charge in [0.1, 0.15) is 0 Å². The van der Waals surface area contributed by atoms with Gasteiger partial charge in [0.15, 0.2) is 0 Å². The van der Waals surface area contributed by atoms with E-state index in [4.69, 9.17) is 5.11 Å². The molecule has 1 saturated heterocycles. The highest BCUT2D eigenvalue weighted by atomic mass is 16.3. The van der Waals surface area contributed by atoms with Crippen LogP contribution in [-0.2, 0) is 4.79 Å². The number of rotatable bonds is 4. The molecule has 15 heavy (non-hydrogen) atoms. The van der Waals surface area contributed by atoms with E-state index in [1.807, 2.05) is 4.90 Å². The van der Waals surface area contributed by atoms with Gasteiger partial charge in [-0.3, -0.25) is 4.79 Å². The maximum absolute atomic E-state index is 11.7. The number of aliphatic hydroxyl groups excluding tert-OH is 1. The average molecular weight is 213 g/mol. The molecule has 0 aromatic carbocycles. The lowest BCUT2D eigenvalue weighted by Gasteiger charge is -2.21. The first-order chi connectivity index (χ1) is 7.15. The maximum atomic E-state index is 11.7. The number of hydrogen-bond donors (Lipinski definition) is 1. The molecule has 1 unspecified atom stereocenters. The monoisotopic (exact) mass is 213 g/mol. The lowest BCUT2D eigenvalue weighted by atomic mass is 9.89. The molecular formula is C12H23NO2. The number of nitrogens with zero attached hydrogens (tertiary/aromatic N) is 1. The third-order valence-corrected chi connectivity index (χ3v) is 3.38. The van der Waals surface area contributed by atoms with Crippen LogP contribution in [0.25, 0.3) is 0 Å². The summed E-state index contributed by atoms with van der Waals surface area (Å²) in [6, 6.07) is 0. The van der Waals surface area contributed by atoms with Gasteiger partial charge >= 0.3 is 0 Å². The molecule has 0 aromatic rings. The van der Waals surface area contributed by atoms with E-state index in [0.717, 1.165) is 25.9 Å². The number of carbonyl (C=O) groups excluding carboxylic acids is 1. The number of amides is 1. The zero-order chi connectivity index (χ0) is 11.3. The van der Waals surface area contributed by atoms with Crippen molar-refractivity contribution < 1.29 is 9.90 Å². The molecular weight excluding hydrogens is 190 g/mol. The van der Waals surface area contributed by atoms with Crippen molar-refractivity contribution in [2.24, 2.45) is 11.8 Å². The standard InChI is InChI=1S/C12H23NO2/c1-10(2)11-4-5-12(15)13(8-6-11)7-3-9-14/h10-11,14H,3-9H2,1-2H3. The van der Waals surface area contributed by atoms with Crippen molar-refractivity contribution in [2.75, 3.05) is 19.7 Å². The Labute approximate surface area is 92.5 Å². The summed E-state index contributed by atoms with van der Waals surface area (Å²) in [7, 11) is 0. The first kappa shape index (κ1) is 12.5. The summed E-state index contributed by atoms with van der Waals surface area (Å²) in [4.78, 5) is 13.6. The van der Waals surface area contributed by atoms with Gasteiger partial charge in [-0.2, -0.15) is 0 Å². The van der Waals surface area contributed by atoms with Crippen LogP contribution in [0.1, 0.15) is 39.5 Å². The Balaban J connectivity index is 2.44. The van der Waals surface area contributed by atoms with Crippen molar-refractivity contribution in [2.45, 2.75) is 39.5 Å². The second kappa shape index (κ2) is 6.11. The highest BCUT2D eigenvalue weighted by molar-refractivity contribution is 5.76. The van der Waals surface area contributed by atoms with Gasteiger partial charge < -0.3 is 10.0 Å². The summed E-state index contributed by atoms with van der Waals surface area (Å²) in [5, 5.41) is 8.76. The van der Waals surface area contributed by atoms with E-state index < -0.39 is 0 Å². The fourth-order valence-corrected chi connectivity index (χ4v) is 2.22. The highest BCUT2D eigenvalue weighted by Crippen LogP contribution is 2.25. The van der Waals surface area contributed by atoms with E-state index in [1.54, 1.807) is 0 Å². The molecule has 3 nitrogen and oxygen atoms in total. The first-order valence-electron chi connectivity index (χ1n) is 6.03. The van der Waals surface area contributed by atoms with E-state index in [9.17, 15) is 4.79 Å². The number of likely N-dealkylation sites (tertiary alicyclic amines) is 1. The van der Waals surface area contributed by atoms with Crippen LogP contribution in [0.3, 0.4) is 0 Å². The van der Waals surface area contributed by atoms with Crippen molar-refractivity contribution in [1.82, 2.24) is 4.90 Å². The molecule has 0 aromatic heterocycles. The van der Waals surface area contributed by atoms with Crippen molar-refractivity contribution >= 4 is 5.91 Å². The zero-order valence-electron chi connectivity index (χ0n) is 9.91. The minimum atomic E-state index is 0.178. The molecule has 1 aliphatic heterocycles. The van der Waals surface area contributed by atoms with E-state index in [0.29, 0.717) is 24.7 Å². The average Bonchev–Trinajstić information content (AvgIpc) is 2.38. The molecule has 1 heterocycles. The molecule has 0 aliphatic carbocycles. The van der Waals surface area contributed by atoms with Crippen LogP contribution in [0, 0.1) is 11.8 Å². The van der Waals surface area contributed by atoms with Gasteiger partial charge in [-0.1, -0.05) is 13.8 Å². The lowest BCUT2D eigenvalue weighted by Crippen LogP contribution is -2.31. The topological polar surface area (TPSA) is 40.5 Å². The molecule has 1 atom stereocenters. The van der Waals surface area contributed by atoms with E-state index in [2.05, 4.69) is 13.8 Å².